The van der Waals surface area contributed by atoms with Gasteiger partial charge in [0.25, 0.3) is 10.0 Å². The minimum Gasteiger partial charge on any atom is -0.486 e. The summed E-state index contributed by atoms with van der Waals surface area (Å²) < 4.78 is 102. The third kappa shape index (κ3) is 5.67. The Kier molecular flexibility index (Phi) is 7.32. The van der Waals surface area contributed by atoms with E-state index < -0.39 is 67.3 Å². The van der Waals surface area contributed by atoms with Crippen LogP contribution in [-0.2, 0) is 21.0 Å². The van der Waals surface area contributed by atoms with Crippen LogP contribution < -0.4 is 9.04 Å². The van der Waals surface area contributed by atoms with Crippen LogP contribution in [0.4, 0.5) is 27.6 Å². The molecular weight excluding hydrogens is 569 g/mol. The predicted octanol–water partition coefficient (Wildman–Crippen LogP) is 6.76. The van der Waals surface area contributed by atoms with Gasteiger partial charge in [0.1, 0.15) is 23.5 Å². The lowest BCUT2D eigenvalue weighted by atomic mass is 9.86. The number of aliphatic carboxylic acids is 1. The van der Waals surface area contributed by atoms with Crippen LogP contribution in [0.15, 0.2) is 59.5 Å². The van der Waals surface area contributed by atoms with Crippen molar-refractivity contribution in [3.8, 4) is 16.9 Å². The van der Waals surface area contributed by atoms with Crippen molar-refractivity contribution >= 4 is 33.3 Å². The molecule has 0 saturated carbocycles. The van der Waals surface area contributed by atoms with Crippen molar-refractivity contribution in [1.29, 1.82) is 0 Å². The van der Waals surface area contributed by atoms with E-state index in [1.807, 2.05) is 0 Å². The minimum atomic E-state index is -4.81. The highest BCUT2D eigenvalue weighted by molar-refractivity contribution is 7.92. The maximum absolute atomic E-state index is 14.1. The highest BCUT2D eigenvalue weighted by atomic mass is 35.5. The van der Waals surface area contributed by atoms with Gasteiger partial charge in [-0.3, -0.25) is 9.10 Å². The molecule has 0 amide bonds. The summed E-state index contributed by atoms with van der Waals surface area (Å²) in [6.45, 7) is 2.39. The van der Waals surface area contributed by atoms with Crippen molar-refractivity contribution in [3.05, 3.63) is 76.8 Å². The number of carboxylic acid groups (broad SMARTS) is 1. The molecule has 1 atom stereocenters. The molecule has 1 aliphatic rings. The fourth-order valence-electron chi connectivity index (χ4n) is 4.20. The van der Waals surface area contributed by atoms with Crippen molar-refractivity contribution < 1.29 is 45.0 Å². The summed E-state index contributed by atoms with van der Waals surface area (Å²) in [4.78, 5) is 11.0. The summed E-state index contributed by atoms with van der Waals surface area (Å²) in [6, 6.07) is 8.61. The summed E-state index contributed by atoms with van der Waals surface area (Å²) in [6.07, 6.45) is -5.95. The Hall–Kier alpha value is -3.38. The predicted molar refractivity (Wildman–Crippen MR) is 133 cm³/mol. The third-order valence-corrected chi connectivity index (χ3v) is 8.42. The zero-order valence-electron chi connectivity index (χ0n) is 20.4. The van der Waals surface area contributed by atoms with E-state index in [4.69, 9.17) is 16.3 Å². The lowest BCUT2D eigenvalue weighted by Crippen LogP contribution is -2.46. The van der Waals surface area contributed by atoms with E-state index in [1.54, 1.807) is 0 Å². The van der Waals surface area contributed by atoms with E-state index in [2.05, 4.69) is 0 Å². The average Bonchev–Trinajstić information content (AvgIpc) is 2.84. The Morgan fingerprint density at radius 3 is 2.44 bits per heavy atom. The number of carbonyl (C=O) groups is 1. The monoisotopic (exact) mass is 589 g/mol. The highest BCUT2D eigenvalue weighted by Gasteiger charge is 2.40. The lowest BCUT2D eigenvalue weighted by Gasteiger charge is -2.38. The van der Waals surface area contributed by atoms with Gasteiger partial charge < -0.3 is 9.84 Å². The number of ether oxygens (including phenoxy) is 1. The molecule has 4 rings (SSSR count). The number of halogens is 6. The van der Waals surface area contributed by atoms with Gasteiger partial charge in [0.2, 0.25) is 0 Å². The van der Waals surface area contributed by atoms with E-state index in [9.17, 15) is 40.3 Å². The molecule has 13 heteroatoms. The van der Waals surface area contributed by atoms with Gasteiger partial charge in [0.15, 0.2) is 0 Å². The molecule has 0 spiro atoms. The van der Waals surface area contributed by atoms with Crippen LogP contribution in [0.5, 0.6) is 5.75 Å². The van der Waals surface area contributed by atoms with Crippen LogP contribution in [0.3, 0.4) is 0 Å². The first-order valence-corrected chi connectivity index (χ1v) is 13.2. The van der Waals surface area contributed by atoms with Gasteiger partial charge in [-0.05, 0) is 55.8 Å². The van der Waals surface area contributed by atoms with Crippen LogP contribution >= 0.6 is 11.6 Å². The largest absolute Gasteiger partial charge is 0.486 e. The quantitative estimate of drug-likeness (QED) is 0.254. The Morgan fingerprint density at radius 2 is 1.79 bits per heavy atom. The number of sulfonamides is 1. The SMILES string of the molecule is CC(C)(C[C@H]1CN(S(=O)(=O)c2cccc(C(F)(F)F)c2)c2cc(-c3cc(F)cc(F)c3Cl)ccc2O1)C(=O)O. The fourth-order valence-corrected chi connectivity index (χ4v) is 5.96. The molecule has 3 aromatic rings. The number of nitrogens with zero attached hydrogens (tertiary/aromatic N) is 1. The van der Waals surface area contributed by atoms with Crippen LogP contribution in [-0.4, -0.2) is 32.1 Å². The standard InChI is InChI=1S/C26H21ClF5NO5S/c1-25(2,24(34)35)12-17-13-33(39(36,37)18-5-3-4-15(9-18)26(30,31)32)21-8-14(6-7-22(21)38-17)19-10-16(28)11-20(29)23(19)27/h3-11,17H,12-13H2,1-2H3,(H,34,35)/t17-/m0/s1. The smallest absolute Gasteiger partial charge is 0.416 e. The van der Waals surface area contributed by atoms with Gasteiger partial charge in [-0.15, -0.1) is 0 Å². The number of hydrogen-bond donors (Lipinski definition) is 1. The molecule has 1 N–H and O–H groups in total. The second-order valence-electron chi connectivity index (χ2n) is 9.63. The molecule has 3 aromatic carbocycles. The minimum absolute atomic E-state index is 0.0280. The number of fused-ring (bicyclic) bond motifs is 1. The number of benzene rings is 3. The summed E-state index contributed by atoms with van der Waals surface area (Å²) >= 11 is 6.02. The molecule has 0 radical (unpaired) electrons. The van der Waals surface area contributed by atoms with E-state index in [1.165, 1.54) is 32.0 Å². The first-order chi connectivity index (χ1) is 18.0. The van der Waals surface area contributed by atoms with E-state index in [-0.39, 0.29) is 29.0 Å². The molecule has 6 nitrogen and oxygen atoms in total. The molecular formula is C26H21ClF5NO5S. The number of anilines is 1. The number of rotatable bonds is 6. The molecule has 0 bridgehead atoms. The van der Waals surface area contributed by atoms with Gasteiger partial charge in [-0.25, -0.2) is 17.2 Å². The van der Waals surface area contributed by atoms with Crippen molar-refractivity contribution in [2.24, 2.45) is 5.41 Å². The molecule has 39 heavy (non-hydrogen) atoms. The molecule has 0 aromatic heterocycles. The molecule has 0 saturated heterocycles. The Balaban J connectivity index is 1.87. The van der Waals surface area contributed by atoms with Crippen molar-refractivity contribution in [3.63, 3.8) is 0 Å². The average molecular weight is 590 g/mol. The Morgan fingerprint density at radius 1 is 1.10 bits per heavy atom. The van der Waals surface area contributed by atoms with Crippen LogP contribution in [0.25, 0.3) is 11.1 Å². The molecule has 1 heterocycles. The molecule has 0 unspecified atom stereocenters. The highest BCUT2D eigenvalue weighted by Crippen LogP contribution is 2.43. The van der Waals surface area contributed by atoms with E-state index in [0.717, 1.165) is 28.6 Å². The first kappa shape index (κ1) is 28.6. The molecule has 1 aliphatic heterocycles. The first-order valence-electron chi connectivity index (χ1n) is 11.4. The Bertz CT molecular complexity index is 1560. The summed E-state index contributed by atoms with van der Waals surface area (Å²) in [5.74, 6) is -3.18. The normalized spacial score (nSPS) is 16.0. The summed E-state index contributed by atoms with van der Waals surface area (Å²) in [5.41, 5.74) is -2.64. The maximum Gasteiger partial charge on any atom is 0.416 e. The van der Waals surface area contributed by atoms with Crippen molar-refractivity contribution in [1.82, 2.24) is 0 Å². The van der Waals surface area contributed by atoms with E-state index in [0.29, 0.717) is 12.1 Å². The van der Waals surface area contributed by atoms with Gasteiger partial charge in [-0.2, -0.15) is 13.2 Å². The van der Waals surface area contributed by atoms with Crippen LogP contribution in [0, 0.1) is 17.0 Å². The summed E-state index contributed by atoms with van der Waals surface area (Å²) in [7, 11) is -4.67. The van der Waals surface area contributed by atoms with Crippen molar-refractivity contribution in [2.75, 3.05) is 10.8 Å². The van der Waals surface area contributed by atoms with E-state index >= 15 is 0 Å². The topological polar surface area (TPSA) is 83.9 Å². The lowest BCUT2D eigenvalue weighted by molar-refractivity contribution is -0.148. The summed E-state index contributed by atoms with van der Waals surface area (Å²) in [5, 5.41) is 9.11. The zero-order valence-corrected chi connectivity index (χ0v) is 22.0. The number of hydrogen-bond acceptors (Lipinski definition) is 4. The Labute approximate surface area is 225 Å². The number of alkyl halides is 3. The maximum atomic E-state index is 14.1. The van der Waals surface area contributed by atoms with Crippen molar-refractivity contribution in [2.45, 2.75) is 37.4 Å². The molecule has 208 valence electrons. The van der Waals surface area contributed by atoms with Gasteiger partial charge >= 0.3 is 12.1 Å². The van der Waals surface area contributed by atoms with Gasteiger partial charge in [0.05, 0.1) is 33.1 Å². The third-order valence-electron chi connectivity index (χ3n) is 6.26. The van der Waals surface area contributed by atoms with Crippen LogP contribution in [0.1, 0.15) is 25.8 Å². The number of carboxylic acids is 1. The second-order valence-corrected chi connectivity index (χ2v) is 11.9. The zero-order chi connectivity index (χ0) is 28.9. The fraction of sp³-hybridized carbons (Fsp3) is 0.269. The molecule has 0 aliphatic carbocycles. The van der Waals surface area contributed by atoms with Gasteiger partial charge in [0, 0.05) is 18.1 Å². The second kappa shape index (κ2) is 9.98. The molecule has 0 fully saturated rings. The van der Waals surface area contributed by atoms with Gasteiger partial charge in [-0.1, -0.05) is 23.7 Å². The van der Waals surface area contributed by atoms with Crippen LogP contribution in [0.2, 0.25) is 5.02 Å².